The second-order valence-corrected chi connectivity index (χ2v) is 7.39. The molecule has 0 spiro atoms. The maximum atomic E-state index is 12.4. The van der Waals surface area contributed by atoms with Crippen LogP contribution in [0.1, 0.15) is 48.2 Å². The number of carbonyl (C=O) groups is 1. The highest BCUT2D eigenvalue weighted by atomic mass is 32.1. The molecular weight excluding hydrogens is 320 g/mol. The fraction of sp³-hybridized carbons (Fsp3) is 0.474. The molecule has 2 N–H and O–H groups in total. The van der Waals surface area contributed by atoms with E-state index >= 15 is 0 Å². The Morgan fingerprint density at radius 1 is 1.38 bits per heavy atom. The average Bonchev–Trinajstić information content (AvgIpc) is 3.03. The van der Waals surface area contributed by atoms with Gasteiger partial charge >= 0.3 is 0 Å². The van der Waals surface area contributed by atoms with Gasteiger partial charge in [-0.05, 0) is 44.2 Å². The molecule has 2 atom stereocenters. The lowest BCUT2D eigenvalue weighted by molar-refractivity contribution is 0.0643. The number of amides is 1. The Labute approximate surface area is 146 Å². The lowest BCUT2D eigenvalue weighted by Crippen LogP contribution is -2.31. The van der Waals surface area contributed by atoms with Gasteiger partial charge in [0.05, 0.1) is 6.10 Å². The van der Waals surface area contributed by atoms with Crippen molar-refractivity contribution in [2.45, 2.75) is 45.1 Å². The van der Waals surface area contributed by atoms with Crippen LogP contribution in [0.25, 0.3) is 10.6 Å². The summed E-state index contributed by atoms with van der Waals surface area (Å²) in [6.07, 6.45) is 4.91. The largest absolute Gasteiger partial charge is 0.393 e. The molecule has 0 unspecified atom stereocenters. The maximum Gasteiger partial charge on any atom is 0.251 e. The van der Waals surface area contributed by atoms with Gasteiger partial charge in [0.1, 0.15) is 5.01 Å². The second kappa shape index (κ2) is 7.90. The zero-order valence-corrected chi connectivity index (χ0v) is 14.8. The Hall–Kier alpha value is -1.72. The van der Waals surface area contributed by atoms with Crippen molar-refractivity contribution in [3.8, 4) is 10.6 Å². The minimum absolute atomic E-state index is 0.0598. The number of aryl methyl sites for hydroxylation is 1. The number of aliphatic hydroxyl groups excluding tert-OH is 1. The van der Waals surface area contributed by atoms with Crippen LogP contribution in [-0.4, -0.2) is 28.6 Å². The molecule has 0 bridgehead atoms. The first kappa shape index (κ1) is 17.1. The number of nitrogens with one attached hydrogen (secondary N) is 1. The van der Waals surface area contributed by atoms with Crippen LogP contribution >= 0.6 is 11.3 Å². The van der Waals surface area contributed by atoms with Crippen LogP contribution in [0, 0.1) is 12.8 Å². The Morgan fingerprint density at radius 3 is 2.96 bits per heavy atom. The van der Waals surface area contributed by atoms with Gasteiger partial charge < -0.3 is 10.4 Å². The second-order valence-electron chi connectivity index (χ2n) is 6.53. The first-order valence-corrected chi connectivity index (χ1v) is 9.50. The van der Waals surface area contributed by atoms with Crippen molar-refractivity contribution in [1.29, 1.82) is 0 Å². The van der Waals surface area contributed by atoms with Crippen molar-refractivity contribution < 1.29 is 9.90 Å². The molecule has 2 aromatic rings. The van der Waals surface area contributed by atoms with Crippen molar-refractivity contribution in [1.82, 2.24) is 10.3 Å². The van der Waals surface area contributed by atoms with Crippen LogP contribution in [0.3, 0.4) is 0 Å². The summed E-state index contributed by atoms with van der Waals surface area (Å²) in [5.74, 6) is 0.263. The summed E-state index contributed by atoms with van der Waals surface area (Å²) in [5, 5.41) is 15.9. The highest BCUT2D eigenvalue weighted by Gasteiger charge is 2.22. The standard InChI is InChI=1S/C19H24N2O2S/c1-13-12-24-19(21-13)16-7-4-6-15(11-16)18(23)20-10-9-14-5-2-3-8-17(14)22/h4,6-7,11-12,14,17,22H,2-3,5,8-10H2,1H3,(H,20,23)/t14-,17-/m0/s1. The van der Waals surface area contributed by atoms with Gasteiger partial charge in [0.2, 0.25) is 0 Å². The van der Waals surface area contributed by atoms with Gasteiger partial charge in [0.25, 0.3) is 5.91 Å². The van der Waals surface area contributed by atoms with Gasteiger partial charge in [-0.2, -0.15) is 0 Å². The van der Waals surface area contributed by atoms with E-state index in [1.54, 1.807) is 11.3 Å². The van der Waals surface area contributed by atoms with E-state index in [0.29, 0.717) is 18.0 Å². The summed E-state index contributed by atoms with van der Waals surface area (Å²) in [6.45, 7) is 2.58. The molecule has 1 aliphatic carbocycles. The molecule has 1 fully saturated rings. The third-order valence-corrected chi connectivity index (χ3v) is 5.67. The normalized spacial score (nSPS) is 20.8. The van der Waals surface area contributed by atoms with Crippen LogP contribution in [0.5, 0.6) is 0 Å². The molecule has 5 heteroatoms. The van der Waals surface area contributed by atoms with Crippen LogP contribution in [0.4, 0.5) is 0 Å². The molecule has 0 saturated heterocycles. The molecule has 3 rings (SSSR count). The highest BCUT2D eigenvalue weighted by molar-refractivity contribution is 7.13. The molecule has 1 aromatic heterocycles. The average molecular weight is 344 g/mol. The molecule has 128 valence electrons. The monoisotopic (exact) mass is 344 g/mol. The molecule has 24 heavy (non-hydrogen) atoms. The minimum atomic E-state index is -0.202. The van der Waals surface area contributed by atoms with Crippen molar-refractivity contribution in [2.75, 3.05) is 6.54 Å². The predicted molar refractivity (Wildman–Crippen MR) is 97.2 cm³/mol. The van der Waals surface area contributed by atoms with Crippen molar-refractivity contribution in [3.63, 3.8) is 0 Å². The number of carbonyl (C=O) groups excluding carboxylic acids is 1. The predicted octanol–water partition coefficient (Wildman–Crippen LogP) is 3.79. The van der Waals surface area contributed by atoms with Gasteiger partial charge in [-0.1, -0.05) is 25.0 Å². The number of rotatable bonds is 5. The Morgan fingerprint density at radius 2 is 2.21 bits per heavy atom. The van der Waals surface area contributed by atoms with Gasteiger partial charge in [-0.3, -0.25) is 4.79 Å². The van der Waals surface area contributed by atoms with E-state index < -0.39 is 0 Å². The number of aliphatic hydroxyl groups is 1. The quantitative estimate of drug-likeness (QED) is 0.867. The third-order valence-electron chi connectivity index (χ3n) is 4.66. The number of thiazole rings is 1. The van der Waals surface area contributed by atoms with Crippen LogP contribution in [0.15, 0.2) is 29.6 Å². The Kier molecular flexibility index (Phi) is 5.63. The first-order valence-electron chi connectivity index (χ1n) is 8.62. The van der Waals surface area contributed by atoms with Crippen LogP contribution in [-0.2, 0) is 0 Å². The molecule has 1 saturated carbocycles. The molecule has 1 heterocycles. The van der Waals surface area contributed by atoms with Crippen molar-refractivity contribution in [3.05, 3.63) is 40.9 Å². The summed E-state index contributed by atoms with van der Waals surface area (Å²) in [4.78, 5) is 16.8. The topological polar surface area (TPSA) is 62.2 Å². The summed E-state index contributed by atoms with van der Waals surface area (Å²) >= 11 is 1.59. The van der Waals surface area contributed by atoms with E-state index in [1.165, 1.54) is 6.42 Å². The van der Waals surface area contributed by atoms with Gasteiger partial charge in [-0.15, -0.1) is 11.3 Å². The fourth-order valence-corrected chi connectivity index (χ4v) is 4.07. The van der Waals surface area contributed by atoms with Crippen molar-refractivity contribution >= 4 is 17.2 Å². The van der Waals surface area contributed by atoms with E-state index in [9.17, 15) is 9.90 Å². The fourth-order valence-electron chi connectivity index (χ4n) is 3.28. The smallest absolute Gasteiger partial charge is 0.251 e. The lowest BCUT2D eigenvalue weighted by atomic mass is 9.84. The summed E-state index contributed by atoms with van der Waals surface area (Å²) in [7, 11) is 0. The van der Waals surface area contributed by atoms with Crippen LogP contribution < -0.4 is 5.32 Å². The summed E-state index contributed by atoms with van der Waals surface area (Å²) in [6, 6.07) is 7.59. The van der Waals surface area contributed by atoms with E-state index in [-0.39, 0.29) is 12.0 Å². The molecule has 0 radical (unpaired) electrons. The Bertz CT molecular complexity index is 698. The molecule has 1 aromatic carbocycles. The molecule has 1 amide bonds. The SMILES string of the molecule is Cc1csc(-c2cccc(C(=O)NCC[C@@H]3CCCC[C@@H]3O)c2)n1. The van der Waals surface area contributed by atoms with E-state index in [4.69, 9.17) is 0 Å². The summed E-state index contributed by atoms with van der Waals surface area (Å²) < 4.78 is 0. The molecule has 1 aliphatic rings. The highest BCUT2D eigenvalue weighted by Crippen LogP contribution is 2.27. The lowest BCUT2D eigenvalue weighted by Gasteiger charge is -2.27. The zero-order valence-electron chi connectivity index (χ0n) is 14.0. The van der Waals surface area contributed by atoms with Crippen LogP contribution in [0.2, 0.25) is 0 Å². The van der Waals surface area contributed by atoms with Gasteiger partial charge in [0, 0.05) is 28.7 Å². The molecule has 0 aliphatic heterocycles. The van der Waals surface area contributed by atoms with Gasteiger partial charge in [0.15, 0.2) is 0 Å². The number of hydrogen-bond donors (Lipinski definition) is 2. The first-order chi connectivity index (χ1) is 11.6. The maximum absolute atomic E-state index is 12.4. The van der Waals surface area contributed by atoms with Crippen molar-refractivity contribution in [2.24, 2.45) is 5.92 Å². The van der Waals surface area contributed by atoms with E-state index in [0.717, 1.165) is 41.9 Å². The van der Waals surface area contributed by atoms with E-state index in [2.05, 4.69) is 10.3 Å². The zero-order chi connectivity index (χ0) is 16.9. The molecule has 4 nitrogen and oxygen atoms in total. The third kappa shape index (κ3) is 4.22. The van der Waals surface area contributed by atoms with E-state index in [1.807, 2.05) is 36.6 Å². The Balaban J connectivity index is 1.57. The minimum Gasteiger partial charge on any atom is -0.393 e. The number of hydrogen-bond acceptors (Lipinski definition) is 4. The number of nitrogens with zero attached hydrogens (tertiary/aromatic N) is 1. The molecular formula is C19H24N2O2S. The number of benzene rings is 1. The van der Waals surface area contributed by atoms with Gasteiger partial charge in [-0.25, -0.2) is 4.98 Å². The number of aromatic nitrogens is 1. The summed E-state index contributed by atoms with van der Waals surface area (Å²) in [5.41, 5.74) is 2.63.